The Morgan fingerprint density at radius 1 is 0.966 bits per heavy atom. The van der Waals surface area contributed by atoms with Gasteiger partial charge in [-0.25, -0.2) is 4.39 Å². The molecule has 1 aliphatic rings. The molecule has 0 bridgehead atoms. The topological polar surface area (TPSA) is 95.6 Å². The molecule has 0 aromatic heterocycles. The van der Waals surface area contributed by atoms with E-state index in [9.17, 15) is 23.6 Å². The third kappa shape index (κ3) is 5.41. The van der Waals surface area contributed by atoms with Gasteiger partial charge >= 0.3 is 0 Å². The monoisotopic (exact) mass is 415 g/mol. The molecule has 2 N–H and O–H groups in total. The Hall–Kier alpha value is -3.20. The molecular formula is C20H18FN3O4S. The van der Waals surface area contributed by atoms with Crippen molar-refractivity contribution in [3.63, 3.8) is 0 Å². The van der Waals surface area contributed by atoms with Crippen LogP contribution >= 0.6 is 11.8 Å². The summed E-state index contributed by atoms with van der Waals surface area (Å²) in [7, 11) is 0. The predicted molar refractivity (Wildman–Crippen MR) is 104 cm³/mol. The van der Waals surface area contributed by atoms with Gasteiger partial charge in [0, 0.05) is 23.3 Å². The molecule has 1 heterocycles. The molecule has 150 valence electrons. The number of hydrogen-bond donors (Lipinski definition) is 2. The molecule has 2 aromatic rings. The molecule has 0 radical (unpaired) electrons. The number of nitrogens with zero attached hydrogens (tertiary/aromatic N) is 1. The molecule has 3 rings (SSSR count). The fourth-order valence-corrected chi connectivity index (χ4v) is 3.42. The second kappa shape index (κ2) is 9.33. The molecule has 2 aromatic carbocycles. The zero-order valence-corrected chi connectivity index (χ0v) is 16.1. The average molecular weight is 415 g/mol. The van der Waals surface area contributed by atoms with E-state index in [-0.39, 0.29) is 37.0 Å². The lowest BCUT2D eigenvalue weighted by atomic mass is 10.1. The van der Waals surface area contributed by atoms with Crippen LogP contribution in [0.3, 0.4) is 0 Å². The zero-order chi connectivity index (χ0) is 20.8. The van der Waals surface area contributed by atoms with Crippen LogP contribution in [0, 0.1) is 5.82 Å². The summed E-state index contributed by atoms with van der Waals surface area (Å²) in [6, 6.07) is 12.5. The van der Waals surface area contributed by atoms with E-state index in [4.69, 9.17) is 0 Å². The van der Waals surface area contributed by atoms with Gasteiger partial charge in [0.25, 0.3) is 5.91 Å². The first kappa shape index (κ1) is 20.5. The molecule has 0 aliphatic carbocycles. The van der Waals surface area contributed by atoms with Crippen molar-refractivity contribution >= 4 is 35.4 Å². The third-order valence-electron chi connectivity index (χ3n) is 4.22. The summed E-state index contributed by atoms with van der Waals surface area (Å²) in [5, 5.41) is 0. The number of carbonyl (C=O) groups is 4. The van der Waals surface area contributed by atoms with E-state index in [1.54, 1.807) is 30.3 Å². The molecule has 0 unspecified atom stereocenters. The Balaban J connectivity index is 1.46. The Morgan fingerprint density at radius 2 is 1.62 bits per heavy atom. The Labute approximate surface area is 170 Å². The number of hydrazine groups is 1. The molecule has 0 spiro atoms. The van der Waals surface area contributed by atoms with E-state index in [1.807, 2.05) is 0 Å². The molecule has 1 aliphatic heterocycles. The van der Waals surface area contributed by atoms with E-state index in [0.29, 0.717) is 10.5 Å². The summed E-state index contributed by atoms with van der Waals surface area (Å²) in [4.78, 5) is 48.8. The van der Waals surface area contributed by atoms with Crippen LogP contribution in [0.2, 0.25) is 0 Å². The number of amides is 4. The number of imide groups is 1. The fourth-order valence-electron chi connectivity index (χ4n) is 2.68. The second-order valence-corrected chi connectivity index (χ2v) is 7.31. The lowest BCUT2D eigenvalue weighted by Gasteiger charge is -2.14. The lowest BCUT2D eigenvalue weighted by molar-refractivity contribution is -0.139. The number of rotatable bonds is 6. The molecule has 1 saturated heterocycles. The van der Waals surface area contributed by atoms with Crippen molar-refractivity contribution in [2.24, 2.45) is 0 Å². The van der Waals surface area contributed by atoms with Crippen molar-refractivity contribution in [3.05, 3.63) is 65.5 Å². The predicted octanol–water partition coefficient (Wildman–Crippen LogP) is 2.03. The van der Waals surface area contributed by atoms with E-state index in [0.717, 1.165) is 17.3 Å². The molecule has 0 atom stereocenters. The quantitative estimate of drug-likeness (QED) is 0.428. The molecule has 9 heteroatoms. The van der Waals surface area contributed by atoms with Gasteiger partial charge in [0.1, 0.15) is 5.82 Å². The summed E-state index contributed by atoms with van der Waals surface area (Å²) >= 11 is 1.02. The van der Waals surface area contributed by atoms with Gasteiger partial charge in [-0.3, -0.25) is 34.9 Å². The first-order valence-corrected chi connectivity index (χ1v) is 9.81. The molecule has 1 fully saturated rings. The number of thioether (sulfide) groups is 1. The first-order chi connectivity index (χ1) is 13.9. The van der Waals surface area contributed by atoms with Gasteiger partial charge < -0.3 is 0 Å². The van der Waals surface area contributed by atoms with Gasteiger partial charge in [0.2, 0.25) is 17.7 Å². The summed E-state index contributed by atoms with van der Waals surface area (Å²) in [6.45, 7) is 0.170. The van der Waals surface area contributed by atoms with Crippen LogP contribution in [0.1, 0.15) is 28.8 Å². The van der Waals surface area contributed by atoms with Crippen LogP contribution in [0.25, 0.3) is 0 Å². The minimum absolute atomic E-state index is 0.0575. The second-order valence-electron chi connectivity index (χ2n) is 6.29. The van der Waals surface area contributed by atoms with Crippen LogP contribution in [0.4, 0.5) is 4.39 Å². The van der Waals surface area contributed by atoms with Gasteiger partial charge in [-0.15, -0.1) is 11.8 Å². The molecule has 0 saturated carbocycles. The Morgan fingerprint density at radius 3 is 2.28 bits per heavy atom. The maximum absolute atomic E-state index is 13.5. The first-order valence-electron chi connectivity index (χ1n) is 8.82. The SMILES string of the molecule is O=C(CSc1ccccc1F)NNC(=O)c1ccc(CN2C(=O)CCC2=O)cc1. The molecule has 4 amide bonds. The van der Waals surface area contributed by atoms with E-state index >= 15 is 0 Å². The van der Waals surface area contributed by atoms with Crippen molar-refractivity contribution < 1.29 is 23.6 Å². The summed E-state index contributed by atoms with van der Waals surface area (Å²) in [6.07, 6.45) is 0.461. The lowest BCUT2D eigenvalue weighted by Crippen LogP contribution is -2.42. The van der Waals surface area contributed by atoms with E-state index in [1.165, 1.54) is 23.1 Å². The summed E-state index contributed by atoms with van der Waals surface area (Å²) in [5.74, 6) is -1.87. The number of hydrogen-bond acceptors (Lipinski definition) is 5. The van der Waals surface area contributed by atoms with Gasteiger partial charge in [-0.2, -0.15) is 0 Å². The summed E-state index contributed by atoms with van der Waals surface area (Å²) < 4.78 is 13.5. The van der Waals surface area contributed by atoms with Gasteiger partial charge in [0.05, 0.1) is 12.3 Å². The van der Waals surface area contributed by atoms with Crippen molar-refractivity contribution in [1.29, 1.82) is 0 Å². The minimum atomic E-state index is -0.519. The maximum Gasteiger partial charge on any atom is 0.269 e. The van der Waals surface area contributed by atoms with Gasteiger partial charge in [-0.05, 0) is 29.8 Å². The fraction of sp³-hybridized carbons (Fsp3) is 0.200. The number of carbonyl (C=O) groups excluding carboxylic acids is 4. The zero-order valence-electron chi connectivity index (χ0n) is 15.3. The van der Waals surface area contributed by atoms with Crippen molar-refractivity contribution in [2.75, 3.05) is 5.75 Å². The largest absolute Gasteiger partial charge is 0.278 e. The third-order valence-corrected chi connectivity index (χ3v) is 5.27. The number of nitrogens with one attached hydrogen (secondary N) is 2. The molecule has 7 nitrogen and oxygen atoms in total. The van der Waals surface area contributed by atoms with Gasteiger partial charge in [0.15, 0.2) is 0 Å². The smallest absolute Gasteiger partial charge is 0.269 e. The highest BCUT2D eigenvalue weighted by molar-refractivity contribution is 8.00. The maximum atomic E-state index is 13.5. The number of benzene rings is 2. The summed E-state index contributed by atoms with van der Waals surface area (Å²) in [5.41, 5.74) is 5.59. The van der Waals surface area contributed by atoms with Crippen LogP contribution in [-0.4, -0.2) is 34.3 Å². The average Bonchev–Trinajstić information content (AvgIpc) is 3.04. The minimum Gasteiger partial charge on any atom is -0.278 e. The van der Waals surface area contributed by atoms with Crippen LogP contribution in [0.5, 0.6) is 0 Å². The van der Waals surface area contributed by atoms with Crippen molar-refractivity contribution in [2.45, 2.75) is 24.3 Å². The molecular weight excluding hydrogens is 397 g/mol. The Bertz CT molecular complexity index is 933. The van der Waals surface area contributed by atoms with Crippen molar-refractivity contribution in [3.8, 4) is 0 Å². The standard InChI is InChI=1S/C20H18FN3O4S/c21-15-3-1-2-4-16(15)29-12-17(25)22-23-20(28)14-7-5-13(6-8-14)11-24-18(26)9-10-19(24)27/h1-8H,9-12H2,(H,22,25)(H,23,28). The van der Waals surface area contributed by atoms with E-state index < -0.39 is 17.6 Å². The highest BCUT2D eigenvalue weighted by Gasteiger charge is 2.28. The highest BCUT2D eigenvalue weighted by Crippen LogP contribution is 2.20. The molecule has 29 heavy (non-hydrogen) atoms. The van der Waals surface area contributed by atoms with Gasteiger partial charge in [-0.1, -0.05) is 24.3 Å². The van der Waals surface area contributed by atoms with Crippen LogP contribution in [-0.2, 0) is 20.9 Å². The number of halogens is 1. The van der Waals surface area contributed by atoms with E-state index in [2.05, 4.69) is 10.9 Å². The number of likely N-dealkylation sites (tertiary alicyclic amines) is 1. The highest BCUT2D eigenvalue weighted by atomic mass is 32.2. The normalized spacial score (nSPS) is 13.5. The van der Waals surface area contributed by atoms with Crippen LogP contribution in [0.15, 0.2) is 53.4 Å². The van der Waals surface area contributed by atoms with Crippen LogP contribution < -0.4 is 10.9 Å². The van der Waals surface area contributed by atoms with Crippen molar-refractivity contribution in [1.82, 2.24) is 15.8 Å². The Kier molecular flexibility index (Phi) is 6.61.